The Morgan fingerprint density at radius 2 is 2.00 bits per heavy atom. The first-order valence-electron chi connectivity index (χ1n) is 11.7. The van der Waals surface area contributed by atoms with E-state index in [0.29, 0.717) is 24.6 Å². The monoisotopic (exact) mass is 475 g/mol. The number of nitrogens with zero attached hydrogens (tertiary/aromatic N) is 5. The van der Waals surface area contributed by atoms with Gasteiger partial charge in [-0.1, -0.05) is 6.07 Å². The van der Waals surface area contributed by atoms with Crippen LogP contribution in [0, 0.1) is 0 Å². The minimum Gasteiger partial charge on any atom is -0.490 e. The highest BCUT2D eigenvalue weighted by molar-refractivity contribution is 5.74. The summed E-state index contributed by atoms with van der Waals surface area (Å²) < 4.78 is 13.7. The van der Waals surface area contributed by atoms with Gasteiger partial charge in [0.2, 0.25) is 0 Å². The molecule has 4 heterocycles. The van der Waals surface area contributed by atoms with Gasteiger partial charge in [-0.15, -0.1) is 0 Å². The number of carbonyl (C=O) groups excluding carboxylic acids is 1. The third kappa shape index (κ3) is 5.21. The molecule has 1 saturated heterocycles. The number of aromatic amines is 1. The topological polar surface area (TPSA) is 110 Å². The first-order chi connectivity index (χ1) is 16.9. The number of benzene rings is 1. The number of hydrogen-bond acceptors (Lipinski definition) is 7. The molecule has 1 aliphatic rings. The predicted octanol–water partition coefficient (Wildman–Crippen LogP) is 4.64. The van der Waals surface area contributed by atoms with Gasteiger partial charge in [-0.3, -0.25) is 9.50 Å². The van der Waals surface area contributed by atoms with Gasteiger partial charge in [0.05, 0.1) is 18.1 Å². The van der Waals surface area contributed by atoms with Crippen molar-refractivity contribution in [1.82, 2.24) is 29.5 Å². The smallest absolute Gasteiger partial charge is 0.410 e. The number of aromatic nitrogens is 5. The van der Waals surface area contributed by atoms with Gasteiger partial charge < -0.3 is 19.7 Å². The summed E-state index contributed by atoms with van der Waals surface area (Å²) in [6, 6.07) is 7.79. The van der Waals surface area contributed by atoms with Crippen LogP contribution in [0.15, 0.2) is 55.2 Å². The second-order valence-corrected chi connectivity index (χ2v) is 9.54. The summed E-state index contributed by atoms with van der Waals surface area (Å²) in [4.78, 5) is 23.1. The maximum atomic E-state index is 12.3. The van der Waals surface area contributed by atoms with E-state index in [4.69, 9.17) is 9.47 Å². The van der Waals surface area contributed by atoms with E-state index >= 15 is 0 Å². The van der Waals surface area contributed by atoms with E-state index in [2.05, 4.69) is 25.5 Å². The number of piperidine rings is 1. The number of likely N-dealkylation sites (tertiary alicyclic amines) is 1. The standard InChI is InChI=1S/C25H29N7O3/c1-25(2,3)35-24(33)31-10-7-19(8-11-31)34-20-6-4-5-18(13-20)30-22-23-27-16-21(17-14-28-29-15-17)32(23)12-9-26-22/h4-6,9,12-16,19H,7-8,10-11H2,1-3H3,(H,26,30)(H,28,29). The molecule has 0 radical (unpaired) electrons. The third-order valence-corrected chi connectivity index (χ3v) is 5.72. The summed E-state index contributed by atoms with van der Waals surface area (Å²) in [5, 5.41) is 10.2. The Morgan fingerprint density at radius 1 is 1.17 bits per heavy atom. The van der Waals surface area contributed by atoms with E-state index in [9.17, 15) is 4.79 Å². The number of fused-ring (bicyclic) bond motifs is 1. The molecule has 10 nitrogen and oxygen atoms in total. The van der Waals surface area contributed by atoms with Crippen molar-refractivity contribution in [2.75, 3.05) is 18.4 Å². The van der Waals surface area contributed by atoms with Gasteiger partial charge in [0, 0.05) is 61.8 Å². The Bertz CT molecular complexity index is 1300. The molecule has 0 aliphatic carbocycles. The van der Waals surface area contributed by atoms with Crippen LogP contribution in [0.5, 0.6) is 5.75 Å². The quantitative estimate of drug-likeness (QED) is 0.433. The fraction of sp³-hybridized carbons (Fsp3) is 0.360. The van der Waals surface area contributed by atoms with E-state index in [0.717, 1.165) is 35.5 Å². The Balaban J connectivity index is 1.24. The number of carbonyl (C=O) groups is 1. The molecule has 5 rings (SSSR count). The van der Waals surface area contributed by atoms with E-state index in [-0.39, 0.29) is 12.2 Å². The Hall–Kier alpha value is -4.08. The van der Waals surface area contributed by atoms with Crippen molar-refractivity contribution in [3.8, 4) is 17.0 Å². The molecule has 4 aromatic rings. The average Bonchev–Trinajstić information content (AvgIpc) is 3.49. The van der Waals surface area contributed by atoms with Crippen LogP contribution in [-0.2, 0) is 4.74 Å². The van der Waals surface area contributed by atoms with Crippen molar-refractivity contribution in [3.63, 3.8) is 0 Å². The number of imidazole rings is 1. The summed E-state index contributed by atoms with van der Waals surface area (Å²) in [7, 11) is 0. The zero-order chi connectivity index (χ0) is 24.4. The highest BCUT2D eigenvalue weighted by Gasteiger charge is 2.27. The van der Waals surface area contributed by atoms with Gasteiger partial charge in [-0.2, -0.15) is 5.10 Å². The van der Waals surface area contributed by atoms with Crippen molar-refractivity contribution in [2.45, 2.75) is 45.3 Å². The SMILES string of the molecule is CC(C)(C)OC(=O)N1CCC(Oc2cccc(Nc3nccn4c(-c5cn[nH]c5)cnc34)c2)CC1. The van der Waals surface area contributed by atoms with Crippen molar-refractivity contribution in [2.24, 2.45) is 0 Å². The van der Waals surface area contributed by atoms with Crippen molar-refractivity contribution in [1.29, 1.82) is 0 Å². The lowest BCUT2D eigenvalue weighted by Gasteiger charge is -2.33. The van der Waals surface area contributed by atoms with Crippen LogP contribution in [0.2, 0.25) is 0 Å². The molecule has 2 N–H and O–H groups in total. The maximum Gasteiger partial charge on any atom is 0.410 e. The van der Waals surface area contributed by atoms with E-state index in [1.54, 1.807) is 23.5 Å². The van der Waals surface area contributed by atoms with Crippen molar-refractivity contribution < 1.29 is 14.3 Å². The minimum absolute atomic E-state index is 0.0373. The van der Waals surface area contributed by atoms with Gasteiger partial charge in [0.25, 0.3) is 0 Å². The molecule has 1 amide bonds. The molecule has 3 aromatic heterocycles. The van der Waals surface area contributed by atoms with E-state index < -0.39 is 5.60 Å². The Labute approximate surface area is 203 Å². The second-order valence-electron chi connectivity index (χ2n) is 9.54. The van der Waals surface area contributed by atoms with Crippen LogP contribution < -0.4 is 10.1 Å². The Kier molecular flexibility index (Phi) is 6.02. The zero-order valence-corrected chi connectivity index (χ0v) is 20.1. The van der Waals surface area contributed by atoms with Gasteiger partial charge >= 0.3 is 6.09 Å². The van der Waals surface area contributed by atoms with Crippen molar-refractivity contribution >= 4 is 23.2 Å². The summed E-state index contributed by atoms with van der Waals surface area (Å²) in [5.41, 5.74) is 2.94. The number of hydrogen-bond donors (Lipinski definition) is 2. The largest absolute Gasteiger partial charge is 0.490 e. The summed E-state index contributed by atoms with van der Waals surface area (Å²) in [5.74, 6) is 1.41. The van der Waals surface area contributed by atoms with E-state index in [1.165, 1.54) is 0 Å². The molecule has 0 bridgehead atoms. The lowest BCUT2D eigenvalue weighted by molar-refractivity contribution is 0.0126. The van der Waals surface area contributed by atoms with Gasteiger partial charge in [-0.05, 0) is 32.9 Å². The second kappa shape index (κ2) is 9.28. The van der Waals surface area contributed by atoms with Crippen LogP contribution in [0.4, 0.5) is 16.3 Å². The van der Waals surface area contributed by atoms with Crippen LogP contribution in [0.25, 0.3) is 16.9 Å². The first kappa shape index (κ1) is 22.7. The molecule has 0 unspecified atom stereocenters. The number of nitrogens with one attached hydrogen (secondary N) is 2. The van der Waals surface area contributed by atoms with Crippen LogP contribution >= 0.6 is 0 Å². The van der Waals surface area contributed by atoms with Crippen molar-refractivity contribution in [3.05, 3.63) is 55.2 Å². The third-order valence-electron chi connectivity index (χ3n) is 5.72. The first-order valence-corrected chi connectivity index (χ1v) is 11.7. The lowest BCUT2D eigenvalue weighted by Crippen LogP contribution is -2.44. The summed E-state index contributed by atoms with van der Waals surface area (Å²) >= 11 is 0. The predicted molar refractivity (Wildman–Crippen MR) is 132 cm³/mol. The molecular formula is C25H29N7O3. The highest BCUT2D eigenvalue weighted by Crippen LogP contribution is 2.27. The molecular weight excluding hydrogens is 446 g/mol. The molecule has 1 aliphatic heterocycles. The zero-order valence-electron chi connectivity index (χ0n) is 20.1. The lowest BCUT2D eigenvalue weighted by atomic mass is 10.1. The fourth-order valence-electron chi connectivity index (χ4n) is 4.07. The van der Waals surface area contributed by atoms with Crippen LogP contribution in [0.3, 0.4) is 0 Å². The van der Waals surface area contributed by atoms with Crippen LogP contribution in [-0.4, -0.2) is 60.4 Å². The molecule has 35 heavy (non-hydrogen) atoms. The highest BCUT2D eigenvalue weighted by atomic mass is 16.6. The molecule has 0 saturated carbocycles. The normalized spacial score (nSPS) is 14.8. The maximum absolute atomic E-state index is 12.3. The summed E-state index contributed by atoms with van der Waals surface area (Å²) in [6.45, 7) is 6.86. The van der Waals surface area contributed by atoms with Gasteiger partial charge in [0.15, 0.2) is 11.5 Å². The summed E-state index contributed by atoms with van der Waals surface area (Å²) in [6.07, 6.45) is 10.3. The molecule has 0 spiro atoms. The molecule has 182 valence electrons. The fourth-order valence-corrected chi connectivity index (χ4v) is 4.07. The number of amides is 1. The number of H-pyrrole nitrogens is 1. The van der Waals surface area contributed by atoms with Gasteiger partial charge in [-0.25, -0.2) is 14.8 Å². The van der Waals surface area contributed by atoms with Gasteiger partial charge in [0.1, 0.15) is 17.5 Å². The molecule has 10 heteroatoms. The average molecular weight is 476 g/mol. The molecule has 1 fully saturated rings. The van der Waals surface area contributed by atoms with E-state index in [1.807, 2.05) is 61.8 Å². The Morgan fingerprint density at radius 3 is 2.74 bits per heavy atom. The number of anilines is 2. The van der Waals surface area contributed by atoms with Crippen LogP contribution in [0.1, 0.15) is 33.6 Å². The number of ether oxygens (including phenoxy) is 2. The minimum atomic E-state index is -0.492. The number of rotatable bonds is 5. The molecule has 1 aromatic carbocycles. The molecule has 0 atom stereocenters.